The van der Waals surface area contributed by atoms with E-state index in [0.29, 0.717) is 0 Å². The summed E-state index contributed by atoms with van der Waals surface area (Å²) in [6.07, 6.45) is 0. The summed E-state index contributed by atoms with van der Waals surface area (Å²) >= 11 is 0. The first-order valence-corrected chi connectivity index (χ1v) is 4.63. The average Bonchev–Trinajstić information content (AvgIpc) is 2.32. The number of hydrogen-bond acceptors (Lipinski definition) is 3. The molecule has 0 aromatic heterocycles. The summed E-state index contributed by atoms with van der Waals surface area (Å²) in [6, 6.07) is 0. The first-order valence-electron chi connectivity index (χ1n) is 4.63. The largest absolute Gasteiger partial charge is 0.484 e. The fourth-order valence-electron chi connectivity index (χ4n) is 1.04. The second kappa shape index (κ2) is 5.65. The predicted octanol–water partition coefficient (Wildman–Crippen LogP) is 2.32. The molecule has 0 fully saturated rings. The monoisotopic (exact) mass is 270 g/mol. The lowest BCUT2D eigenvalue weighted by molar-refractivity contribution is -0.141. The van der Waals surface area contributed by atoms with Gasteiger partial charge >= 0.3 is 5.97 Å². The van der Waals surface area contributed by atoms with Crippen LogP contribution in [0.2, 0.25) is 0 Å². The lowest BCUT2D eigenvalue weighted by Crippen LogP contribution is -2.13. The molecule has 18 heavy (non-hydrogen) atoms. The van der Waals surface area contributed by atoms with Gasteiger partial charge in [-0.2, -0.15) is 8.78 Å². The van der Waals surface area contributed by atoms with Crippen LogP contribution < -0.4 is 4.74 Å². The predicted molar refractivity (Wildman–Crippen MR) is 48.4 cm³/mol. The van der Waals surface area contributed by atoms with Crippen molar-refractivity contribution >= 4 is 5.97 Å². The third-order valence-corrected chi connectivity index (χ3v) is 1.80. The summed E-state index contributed by atoms with van der Waals surface area (Å²) in [4.78, 5) is 10.3. The van der Waals surface area contributed by atoms with Gasteiger partial charge in [0.1, 0.15) is 13.2 Å². The van der Waals surface area contributed by atoms with Gasteiger partial charge in [-0.1, -0.05) is 0 Å². The number of carbonyl (C=O) groups excluding carboxylic acids is 1. The van der Waals surface area contributed by atoms with E-state index in [-0.39, 0.29) is 6.61 Å². The molecule has 1 aromatic rings. The van der Waals surface area contributed by atoms with Crippen molar-refractivity contribution in [1.29, 1.82) is 0 Å². The molecule has 0 heterocycles. The van der Waals surface area contributed by atoms with Gasteiger partial charge in [0.2, 0.25) is 29.1 Å². The van der Waals surface area contributed by atoms with E-state index in [1.807, 2.05) is 0 Å². The van der Waals surface area contributed by atoms with Crippen molar-refractivity contribution in [2.75, 3.05) is 13.2 Å². The van der Waals surface area contributed by atoms with Gasteiger partial charge < -0.3 is 9.47 Å². The van der Waals surface area contributed by atoms with Gasteiger partial charge in [0.05, 0.1) is 0 Å². The van der Waals surface area contributed by atoms with Crippen molar-refractivity contribution in [2.45, 2.75) is 6.92 Å². The first kappa shape index (κ1) is 14.2. The second-order valence-electron chi connectivity index (χ2n) is 3.09. The highest BCUT2D eigenvalue weighted by Gasteiger charge is 2.26. The summed E-state index contributed by atoms with van der Waals surface area (Å²) in [6.45, 7) is 0.158. The molecule has 0 amide bonds. The zero-order chi connectivity index (χ0) is 13.9. The van der Waals surface area contributed by atoms with Gasteiger partial charge in [-0.05, 0) is 0 Å². The van der Waals surface area contributed by atoms with Crippen molar-refractivity contribution < 1.29 is 36.2 Å². The highest BCUT2D eigenvalue weighted by molar-refractivity contribution is 5.65. The zero-order valence-electron chi connectivity index (χ0n) is 9.03. The zero-order valence-corrected chi connectivity index (χ0v) is 9.03. The minimum atomic E-state index is -2.27. The van der Waals surface area contributed by atoms with Crippen LogP contribution in [0.15, 0.2) is 0 Å². The van der Waals surface area contributed by atoms with Crippen LogP contribution in [-0.2, 0) is 9.53 Å². The molecule has 1 aromatic carbocycles. The standard InChI is InChI=1S/C10H7F5O3/c1-4(16)17-2-3-18-10-8(14)6(12)5(11)7(13)9(10)15/h2-3H2,1H3. The number of ether oxygens (including phenoxy) is 2. The quantitative estimate of drug-likeness (QED) is 0.277. The maximum Gasteiger partial charge on any atom is 0.302 e. The number of hydrogen-bond donors (Lipinski definition) is 0. The Bertz CT molecular complexity index is 446. The summed E-state index contributed by atoms with van der Waals surface area (Å²) in [5, 5.41) is 0. The van der Waals surface area contributed by atoms with E-state index in [2.05, 4.69) is 9.47 Å². The lowest BCUT2D eigenvalue weighted by Gasteiger charge is -2.09. The molecule has 0 saturated heterocycles. The van der Waals surface area contributed by atoms with E-state index in [0.717, 1.165) is 6.92 Å². The van der Waals surface area contributed by atoms with Crippen LogP contribution in [-0.4, -0.2) is 19.2 Å². The fourth-order valence-corrected chi connectivity index (χ4v) is 1.04. The number of halogens is 5. The topological polar surface area (TPSA) is 35.5 Å². The summed E-state index contributed by atoms with van der Waals surface area (Å²) in [7, 11) is 0. The molecule has 0 atom stereocenters. The highest BCUT2D eigenvalue weighted by Crippen LogP contribution is 2.28. The normalized spacial score (nSPS) is 10.3. The Morgan fingerprint density at radius 2 is 1.33 bits per heavy atom. The Balaban J connectivity index is 2.86. The van der Waals surface area contributed by atoms with Crippen molar-refractivity contribution in [1.82, 2.24) is 0 Å². The van der Waals surface area contributed by atoms with Crippen LogP contribution in [0.3, 0.4) is 0 Å². The van der Waals surface area contributed by atoms with Gasteiger partial charge in [0.15, 0.2) is 5.75 Å². The van der Waals surface area contributed by atoms with Crippen LogP contribution in [0.25, 0.3) is 0 Å². The Hall–Kier alpha value is -1.86. The minimum absolute atomic E-state index is 0.380. The van der Waals surface area contributed by atoms with E-state index in [4.69, 9.17) is 0 Å². The van der Waals surface area contributed by atoms with E-state index in [1.165, 1.54) is 0 Å². The maximum absolute atomic E-state index is 13.0. The number of carbonyl (C=O) groups is 1. The van der Waals surface area contributed by atoms with Crippen molar-refractivity contribution in [3.63, 3.8) is 0 Å². The molecule has 0 bridgehead atoms. The molecule has 0 aliphatic rings. The number of benzene rings is 1. The molecule has 1 rings (SSSR count). The van der Waals surface area contributed by atoms with Crippen molar-refractivity contribution in [2.24, 2.45) is 0 Å². The Kier molecular flexibility index (Phi) is 4.46. The van der Waals surface area contributed by atoms with Crippen LogP contribution >= 0.6 is 0 Å². The molecule has 0 radical (unpaired) electrons. The summed E-state index contributed by atoms with van der Waals surface area (Å²) in [5.41, 5.74) is 0. The number of rotatable bonds is 4. The van der Waals surface area contributed by atoms with E-state index in [1.54, 1.807) is 0 Å². The molecule has 0 aliphatic carbocycles. The van der Waals surface area contributed by atoms with Gasteiger partial charge in [-0.25, -0.2) is 13.2 Å². The van der Waals surface area contributed by atoms with Crippen LogP contribution in [0, 0.1) is 29.1 Å². The molecule has 3 nitrogen and oxygen atoms in total. The van der Waals surface area contributed by atoms with Gasteiger partial charge in [-0.15, -0.1) is 0 Å². The van der Waals surface area contributed by atoms with E-state index < -0.39 is 47.4 Å². The fraction of sp³-hybridized carbons (Fsp3) is 0.300. The molecule has 8 heteroatoms. The smallest absolute Gasteiger partial charge is 0.302 e. The Labute approximate surface area is 98.1 Å². The Morgan fingerprint density at radius 3 is 1.78 bits per heavy atom. The van der Waals surface area contributed by atoms with Crippen molar-refractivity contribution in [3.8, 4) is 5.75 Å². The number of esters is 1. The van der Waals surface area contributed by atoms with E-state index >= 15 is 0 Å². The molecule has 0 unspecified atom stereocenters. The second-order valence-corrected chi connectivity index (χ2v) is 3.09. The van der Waals surface area contributed by atoms with Gasteiger partial charge in [0.25, 0.3) is 0 Å². The third kappa shape index (κ3) is 2.88. The lowest BCUT2D eigenvalue weighted by atomic mass is 10.2. The van der Waals surface area contributed by atoms with Gasteiger partial charge in [0, 0.05) is 6.92 Å². The molecule has 0 saturated carbocycles. The van der Waals surface area contributed by atoms with Crippen LogP contribution in [0.1, 0.15) is 6.92 Å². The third-order valence-electron chi connectivity index (χ3n) is 1.80. The molecule has 100 valence electrons. The average molecular weight is 270 g/mol. The minimum Gasteiger partial charge on any atom is -0.484 e. The van der Waals surface area contributed by atoms with Crippen molar-refractivity contribution in [3.05, 3.63) is 29.1 Å². The van der Waals surface area contributed by atoms with E-state index in [9.17, 15) is 26.7 Å². The first-order chi connectivity index (χ1) is 8.36. The summed E-state index contributed by atoms with van der Waals surface area (Å²) < 4.78 is 72.9. The summed E-state index contributed by atoms with van der Waals surface area (Å²) in [5.74, 6) is -12.7. The van der Waals surface area contributed by atoms with Gasteiger partial charge in [-0.3, -0.25) is 4.79 Å². The molecular formula is C10H7F5O3. The highest BCUT2D eigenvalue weighted by atomic mass is 19.2. The Morgan fingerprint density at radius 1 is 0.889 bits per heavy atom. The van der Waals surface area contributed by atoms with Crippen LogP contribution in [0.4, 0.5) is 22.0 Å². The SMILES string of the molecule is CC(=O)OCCOc1c(F)c(F)c(F)c(F)c1F. The molecule has 0 aliphatic heterocycles. The molecule has 0 N–H and O–H groups in total. The molecule has 0 spiro atoms. The maximum atomic E-state index is 13.0. The van der Waals surface area contributed by atoms with Crippen LogP contribution in [0.5, 0.6) is 5.75 Å². The molecular weight excluding hydrogens is 263 g/mol.